The standard InChI is InChI=1S/C21H20N4O/c1-2-13-26-21-19-18(20(22)25-21)23-16(14-9-5-3-6-10-14)17(24-19)15-11-7-4-8-12-15/h3-12,25H,2,13,22H2,1H3. The fourth-order valence-electron chi connectivity index (χ4n) is 2.93. The third-order valence-electron chi connectivity index (χ3n) is 4.16. The summed E-state index contributed by atoms with van der Waals surface area (Å²) in [5.41, 5.74) is 11.1. The molecule has 0 aliphatic carbocycles. The van der Waals surface area contributed by atoms with Gasteiger partial charge in [-0.2, -0.15) is 0 Å². The second kappa shape index (κ2) is 6.88. The Morgan fingerprint density at radius 2 is 1.38 bits per heavy atom. The summed E-state index contributed by atoms with van der Waals surface area (Å²) in [6.07, 6.45) is 0.904. The van der Waals surface area contributed by atoms with E-state index in [4.69, 9.17) is 20.4 Å². The maximum absolute atomic E-state index is 6.15. The molecule has 2 aromatic carbocycles. The number of aromatic nitrogens is 3. The van der Waals surface area contributed by atoms with Crippen molar-refractivity contribution in [3.05, 3.63) is 60.7 Å². The van der Waals surface area contributed by atoms with Crippen LogP contribution in [0.1, 0.15) is 13.3 Å². The van der Waals surface area contributed by atoms with E-state index >= 15 is 0 Å². The van der Waals surface area contributed by atoms with Crippen molar-refractivity contribution in [1.82, 2.24) is 15.0 Å². The maximum Gasteiger partial charge on any atom is 0.221 e. The molecule has 4 rings (SSSR count). The minimum Gasteiger partial charge on any atom is -0.477 e. The van der Waals surface area contributed by atoms with Gasteiger partial charge in [-0.25, -0.2) is 9.97 Å². The van der Waals surface area contributed by atoms with E-state index in [0.29, 0.717) is 29.3 Å². The van der Waals surface area contributed by atoms with Crippen molar-refractivity contribution in [2.75, 3.05) is 12.3 Å². The molecule has 130 valence electrons. The molecule has 0 fully saturated rings. The molecule has 0 radical (unpaired) electrons. The van der Waals surface area contributed by atoms with E-state index in [1.54, 1.807) is 0 Å². The first-order valence-corrected chi connectivity index (χ1v) is 8.70. The number of nitrogen functional groups attached to an aromatic ring is 1. The number of nitrogens with two attached hydrogens (primary N) is 1. The lowest BCUT2D eigenvalue weighted by molar-refractivity contribution is 0.310. The quantitative estimate of drug-likeness (QED) is 0.552. The number of aromatic amines is 1. The number of nitrogens with zero attached hydrogens (tertiary/aromatic N) is 2. The number of H-pyrrole nitrogens is 1. The highest BCUT2D eigenvalue weighted by atomic mass is 16.5. The molecule has 2 heterocycles. The van der Waals surface area contributed by atoms with Crippen molar-refractivity contribution in [1.29, 1.82) is 0 Å². The molecule has 0 aliphatic heterocycles. The van der Waals surface area contributed by atoms with Gasteiger partial charge in [0.25, 0.3) is 0 Å². The molecule has 0 saturated carbocycles. The van der Waals surface area contributed by atoms with Gasteiger partial charge < -0.3 is 15.5 Å². The van der Waals surface area contributed by atoms with Gasteiger partial charge in [0.2, 0.25) is 5.88 Å². The van der Waals surface area contributed by atoms with Crippen LogP contribution in [-0.2, 0) is 0 Å². The SMILES string of the molecule is CCCOc1[nH]c(N)c2nc(-c3ccccc3)c(-c3ccccc3)nc12. The van der Waals surface area contributed by atoms with Crippen LogP contribution < -0.4 is 10.5 Å². The van der Waals surface area contributed by atoms with Crippen LogP contribution in [0.25, 0.3) is 33.5 Å². The van der Waals surface area contributed by atoms with Gasteiger partial charge in [-0.1, -0.05) is 67.6 Å². The van der Waals surface area contributed by atoms with Crippen molar-refractivity contribution in [3.63, 3.8) is 0 Å². The summed E-state index contributed by atoms with van der Waals surface area (Å²) < 4.78 is 5.79. The Labute approximate surface area is 151 Å². The number of ether oxygens (including phenoxy) is 1. The predicted molar refractivity (Wildman–Crippen MR) is 105 cm³/mol. The first-order chi connectivity index (χ1) is 12.8. The van der Waals surface area contributed by atoms with Crippen LogP contribution >= 0.6 is 0 Å². The number of nitrogens with one attached hydrogen (secondary N) is 1. The Morgan fingerprint density at radius 3 is 1.92 bits per heavy atom. The van der Waals surface area contributed by atoms with Crippen LogP contribution in [-0.4, -0.2) is 21.6 Å². The van der Waals surface area contributed by atoms with Gasteiger partial charge in [-0.15, -0.1) is 0 Å². The molecule has 5 nitrogen and oxygen atoms in total. The highest BCUT2D eigenvalue weighted by Crippen LogP contribution is 2.35. The number of hydrogen-bond donors (Lipinski definition) is 2. The molecule has 3 N–H and O–H groups in total. The minimum absolute atomic E-state index is 0.468. The van der Waals surface area contributed by atoms with Gasteiger partial charge in [-0.05, 0) is 6.42 Å². The zero-order valence-electron chi connectivity index (χ0n) is 14.6. The fourth-order valence-corrected chi connectivity index (χ4v) is 2.93. The van der Waals surface area contributed by atoms with Crippen molar-refractivity contribution >= 4 is 16.9 Å². The lowest BCUT2D eigenvalue weighted by Crippen LogP contribution is -1.98. The molecule has 0 unspecified atom stereocenters. The van der Waals surface area contributed by atoms with Crippen molar-refractivity contribution in [2.45, 2.75) is 13.3 Å². The van der Waals surface area contributed by atoms with E-state index < -0.39 is 0 Å². The Morgan fingerprint density at radius 1 is 0.846 bits per heavy atom. The van der Waals surface area contributed by atoms with E-state index in [1.165, 1.54) is 0 Å². The van der Waals surface area contributed by atoms with Crippen LogP contribution in [0, 0.1) is 0 Å². The Bertz CT molecular complexity index is 1030. The van der Waals surface area contributed by atoms with Gasteiger partial charge in [0, 0.05) is 11.1 Å². The lowest BCUT2D eigenvalue weighted by Gasteiger charge is -2.10. The normalized spacial score (nSPS) is 11.0. The lowest BCUT2D eigenvalue weighted by atomic mass is 10.0. The van der Waals surface area contributed by atoms with E-state index in [2.05, 4.69) is 11.9 Å². The molecule has 0 aliphatic rings. The first-order valence-electron chi connectivity index (χ1n) is 8.70. The van der Waals surface area contributed by atoms with Crippen molar-refractivity contribution in [3.8, 4) is 28.4 Å². The van der Waals surface area contributed by atoms with E-state index in [1.807, 2.05) is 60.7 Å². The smallest absolute Gasteiger partial charge is 0.221 e. The maximum atomic E-state index is 6.15. The van der Waals surface area contributed by atoms with Crippen molar-refractivity contribution < 1.29 is 4.74 Å². The summed E-state index contributed by atoms with van der Waals surface area (Å²) in [4.78, 5) is 12.8. The monoisotopic (exact) mass is 344 g/mol. The molecule has 0 atom stereocenters. The van der Waals surface area contributed by atoms with Gasteiger partial charge in [0.05, 0.1) is 18.0 Å². The van der Waals surface area contributed by atoms with Gasteiger partial charge in [0.15, 0.2) is 5.52 Å². The van der Waals surface area contributed by atoms with Crippen LogP contribution in [0.3, 0.4) is 0 Å². The van der Waals surface area contributed by atoms with Crippen LogP contribution in [0.15, 0.2) is 60.7 Å². The zero-order valence-corrected chi connectivity index (χ0v) is 14.6. The molecule has 0 spiro atoms. The Hall–Kier alpha value is -3.34. The van der Waals surface area contributed by atoms with Crippen LogP contribution in [0.2, 0.25) is 0 Å². The van der Waals surface area contributed by atoms with Crippen LogP contribution in [0.4, 0.5) is 5.82 Å². The van der Waals surface area contributed by atoms with E-state index in [0.717, 1.165) is 28.9 Å². The third kappa shape index (κ3) is 2.88. The summed E-state index contributed by atoms with van der Waals surface area (Å²) in [7, 11) is 0. The molecular formula is C21H20N4O. The minimum atomic E-state index is 0.468. The fraction of sp³-hybridized carbons (Fsp3) is 0.143. The average molecular weight is 344 g/mol. The predicted octanol–water partition coefficient (Wildman–Crippen LogP) is 4.66. The first kappa shape index (κ1) is 16.1. The number of benzene rings is 2. The summed E-state index contributed by atoms with van der Waals surface area (Å²) in [5.74, 6) is 1.04. The molecule has 5 heteroatoms. The zero-order chi connectivity index (χ0) is 17.9. The largest absolute Gasteiger partial charge is 0.477 e. The Kier molecular flexibility index (Phi) is 4.27. The molecule has 0 bridgehead atoms. The molecule has 4 aromatic rings. The number of anilines is 1. The van der Waals surface area contributed by atoms with E-state index in [9.17, 15) is 0 Å². The summed E-state index contributed by atoms with van der Waals surface area (Å²) in [6.45, 7) is 2.65. The average Bonchev–Trinajstić information content (AvgIpc) is 3.01. The number of hydrogen-bond acceptors (Lipinski definition) is 4. The topological polar surface area (TPSA) is 76.8 Å². The third-order valence-corrected chi connectivity index (χ3v) is 4.16. The molecule has 0 amide bonds. The molecule has 2 aromatic heterocycles. The summed E-state index contributed by atoms with van der Waals surface area (Å²) in [6, 6.07) is 20.1. The van der Waals surface area contributed by atoms with Gasteiger partial charge in [0.1, 0.15) is 11.3 Å². The number of fused-ring (bicyclic) bond motifs is 1. The Balaban J connectivity index is 1.98. The molecule has 0 saturated heterocycles. The highest BCUT2D eigenvalue weighted by Gasteiger charge is 2.19. The summed E-state index contributed by atoms with van der Waals surface area (Å²) >= 11 is 0. The van der Waals surface area contributed by atoms with Gasteiger partial charge >= 0.3 is 0 Å². The second-order valence-electron chi connectivity index (χ2n) is 6.07. The van der Waals surface area contributed by atoms with Crippen molar-refractivity contribution in [2.24, 2.45) is 0 Å². The number of rotatable bonds is 5. The molecular weight excluding hydrogens is 324 g/mol. The van der Waals surface area contributed by atoms with Crippen LogP contribution in [0.5, 0.6) is 5.88 Å². The highest BCUT2D eigenvalue weighted by molar-refractivity contribution is 5.95. The molecule has 26 heavy (non-hydrogen) atoms. The second-order valence-corrected chi connectivity index (χ2v) is 6.07. The van der Waals surface area contributed by atoms with E-state index in [-0.39, 0.29) is 0 Å². The van der Waals surface area contributed by atoms with Gasteiger partial charge in [-0.3, -0.25) is 0 Å². The summed E-state index contributed by atoms with van der Waals surface area (Å²) in [5, 5.41) is 0.